The molecule has 2 aromatic heterocycles. The molecule has 0 bridgehead atoms. The van der Waals surface area contributed by atoms with Gasteiger partial charge in [-0.15, -0.1) is 0 Å². The first-order chi connectivity index (χ1) is 5.95. The number of hydrogen-bond donors (Lipinski definition) is 2. The maximum Gasteiger partial charge on any atom is 0.129 e. The molecule has 0 radical (unpaired) electrons. The third-order valence-electron chi connectivity index (χ3n) is 1.56. The third-order valence-corrected chi connectivity index (χ3v) is 1.56. The molecule has 0 aliphatic heterocycles. The van der Waals surface area contributed by atoms with E-state index >= 15 is 0 Å². The minimum atomic E-state index is 0.865. The molecule has 2 rings (SSSR count). The van der Waals surface area contributed by atoms with E-state index in [9.17, 15) is 0 Å². The van der Waals surface area contributed by atoms with Gasteiger partial charge in [0.2, 0.25) is 0 Å². The topological polar surface area (TPSA) is 44.5 Å². The van der Waals surface area contributed by atoms with Gasteiger partial charge < -0.3 is 9.97 Å². The van der Waals surface area contributed by atoms with Crippen LogP contribution < -0.4 is 0 Å². The van der Waals surface area contributed by atoms with Gasteiger partial charge in [0, 0.05) is 24.3 Å². The molecule has 0 saturated heterocycles. The molecule has 3 nitrogen and oxygen atoms in total. The first-order valence-corrected chi connectivity index (χ1v) is 3.76. The van der Waals surface area contributed by atoms with Gasteiger partial charge >= 0.3 is 0 Å². The average molecular weight is 159 g/mol. The van der Waals surface area contributed by atoms with Gasteiger partial charge in [-0.25, -0.2) is 4.98 Å². The van der Waals surface area contributed by atoms with E-state index in [0.717, 1.165) is 11.5 Å². The number of nitrogens with zero attached hydrogens (tertiary/aromatic N) is 1. The van der Waals surface area contributed by atoms with Crippen molar-refractivity contribution in [3.63, 3.8) is 0 Å². The molecule has 0 spiro atoms. The fourth-order valence-electron chi connectivity index (χ4n) is 0.985. The van der Waals surface area contributed by atoms with Crippen LogP contribution in [0.1, 0.15) is 11.5 Å². The van der Waals surface area contributed by atoms with Crippen molar-refractivity contribution < 1.29 is 0 Å². The molecule has 60 valence electrons. The lowest BCUT2D eigenvalue weighted by atomic mass is 10.4. The highest BCUT2D eigenvalue weighted by atomic mass is 14.9. The molecule has 0 unspecified atom stereocenters. The van der Waals surface area contributed by atoms with E-state index in [-0.39, 0.29) is 0 Å². The minimum absolute atomic E-state index is 0.865. The predicted octanol–water partition coefficient (Wildman–Crippen LogP) is 1.91. The van der Waals surface area contributed by atoms with Crippen LogP contribution in [0.3, 0.4) is 0 Å². The van der Waals surface area contributed by atoms with Crippen LogP contribution in [-0.2, 0) is 0 Å². The summed E-state index contributed by atoms with van der Waals surface area (Å²) in [4.78, 5) is 10.1. The van der Waals surface area contributed by atoms with E-state index in [1.54, 1.807) is 12.4 Å². The second kappa shape index (κ2) is 3.09. The molecule has 0 aliphatic carbocycles. The molecule has 2 heterocycles. The monoisotopic (exact) mass is 159 g/mol. The molecule has 2 N–H and O–H groups in total. The summed E-state index contributed by atoms with van der Waals surface area (Å²) in [6, 6.07) is 3.96. The SMILES string of the molecule is C(=C\c1ncc[nH]1)/c1ccc[nH]1. The molecule has 0 fully saturated rings. The Labute approximate surface area is 70.2 Å². The summed E-state index contributed by atoms with van der Waals surface area (Å²) in [5.74, 6) is 0.865. The van der Waals surface area contributed by atoms with Crippen LogP contribution in [0.15, 0.2) is 30.7 Å². The Morgan fingerprint density at radius 2 is 2.17 bits per heavy atom. The smallest absolute Gasteiger partial charge is 0.129 e. The van der Waals surface area contributed by atoms with E-state index in [1.165, 1.54) is 0 Å². The Morgan fingerprint density at radius 3 is 2.83 bits per heavy atom. The predicted molar refractivity (Wildman–Crippen MR) is 48.3 cm³/mol. The number of aromatic amines is 2. The van der Waals surface area contributed by atoms with Crippen molar-refractivity contribution in [1.82, 2.24) is 15.0 Å². The standard InChI is InChI=1S/C9H9N3/c1-2-8(10-5-1)3-4-9-11-6-7-12-9/h1-7,10H,(H,11,12)/b4-3+. The highest BCUT2D eigenvalue weighted by Gasteiger charge is 1.86. The van der Waals surface area contributed by atoms with E-state index in [1.807, 2.05) is 30.5 Å². The lowest BCUT2D eigenvalue weighted by Crippen LogP contribution is -1.73. The number of imidazole rings is 1. The molecule has 12 heavy (non-hydrogen) atoms. The van der Waals surface area contributed by atoms with Crippen molar-refractivity contribution in [1.29, 1.82) is 0 Å². The van der Waals surface area contributed by atoms with Gasteiger partial charge in [-0.05, 0) is 24.3 Å². The summed E-state index contributed by atoms with van der Waals surface area (Å²) in [7, 11) is 0. The van der Waals surface area contributed by atoms with Crippen LogP contribution in [-0.4, -0.2) is 15.0 Å². The molecule has 0 aromatic carbocycles. The van der Waals surface area contributed by atoms with Gasteiger partial charge in [0.25, 0.3) is 0 Å². The number of nitrogens with one attached hydrogen (secondary N) is 2. The maximum atomic E-state index is 4.06. The Hall–Kier alpha value is -1.77. The Bertz CT molecular complexity index is 307. The van der Waals surface area contributed by atoms with E-state index in [0.29, 0.717) is 0 Å². The highest BCUT2D eigenvalue weighted by Crippen LogP contribution is 2.00. The molecule has 0 saturated carbocycles. The number of H-pyrrole nitrogens is 2. The van der Waals surface area contributed by atoms with Crippen molar-refractivity contribution >= 4 is 12.2 Å². The Kier molecular flexibility index (Phi) is 1.78. The van der Waals surface area contributed by atoms with Gasteiger partial charge in [-0.2, -0.15) is 0 Å². The lowest BCUT2D eigenvalue weighted by Gasteiger charge is -1.83. The zero-order valence-electron chi connectivity index (χ0n) is 6.49. The van der Waals surface area contributed by atoms with Gasteiger partial charge in [-0.3, -0.25) is 0 Å². The van der Waals surface area contributed by atoms with Gasteiger partial charge in [0.15, 0.2) is 0 Å². The van der Waals surface area contributed by atoms with Crippen molar-refractivity contribution in [3.05, 3.63) is 42.2 Å². The van der Waals surface area contributed by atoms with Gasteiger partial charge in [0.1, 0.15) is 5.82 Å². The van der Waals surface area contributed by atoms with Crippen LogP contribution >= 0.6 is 0 Å². The number of hydrogen-bond acceptors (Lipinski definition) is 1. The molecular formula is C9H9N3. The summed E-state index contributed by atoms with van der Waals surface area (Å²) in [5, 5.41) is 0. The van der Waals surface area contributed by atoms with Gasteiger partial charge in [-0.1, -0.05) is 0 Å². The summed E-state index contributed by atoms with van der Waals surface area (Å²) in [6.07, 6.45) is 9.31. The largest absolute Gasteiger partial charge is 0.362 e. The Balaban J connectivity index is 2.14. The molecule has 0 aliphatic rings. The first-order valence-electron chi connectivity index (χ1n) is 3.76. The summed E-state index contributed by atoms with van der Waals surface area (Å²) in [6.45, 7) is 0. The lowest BCUT2D eigenvalue weighted by molar-refractivity contribution is 1.27. The molecule has 0 atom stereocenters. The first kappa shape index (κ1) is 6.91. The van der Waals surface area contributed by atoms with Crippen molar-refractivity contribution in [3.8, 4) is 0 Å². The number of rotatable bonds is 2. The zero-order valence-corrected chi connectivity index (χ0v) is 6.49. The quantitative estimate of drug-likeness (QED) is 0.690. The zero-order chi connectivity index (χ0) is 8.23. The van der Waals surface area contributed by atoms with E-state index in [4.69, 9.17) is 0 Å². The van der Waals surface area contributed by atoms with Crippen LogP contribution in [0.25, 0.3) is 12.2 Å². The molecule has 0 amide bonds. The van der Waals surface area contributed by atoms with Gasteiger partial charge in [0.05, 0.1) is 0 Å². The molecule has 3 heteroatoms. The van der Waals surface area contributed by atoms with E-state index in [2.05, 4.69) is 15.0 Å². The van der Waals surface area contributed by atoms with E-state index < -0.39 is 0 Å². The Morgan fingerprint density at radius 1 is 1.17 bits per heavy atom. The fourth-order valence-corrected chi connectivity index (χ4v) is 0.985. The minimum Gasteiger partial charge on any atom is -0.362 e. The van der Waals surface area contributed by atoms with Crippen LogP contribution in [0, 0.1) is 0 Å². The number of aromatic nitrogens is 3. The summed E-state index contributed by atoms with van der Waals surface area (Å²) < 4.78 is 0. The molecular weight excluding hydrogens is 150 g/mol. The van der Waals surface area contributed by atoms with Crippen LogP contribution in [0.5, 0.6) is 0 Å². The van der Waals surface area contributed by atoms with Crippen molar-refractivity contribution in [2.45, 2.75) is 0 Å². The molecule has 2 aromatic rings. The summed E-state index contributed by atoms with van der Waals surface area (Å²) in [5.41, 5.74) is 1.08. The van der Waals surface area contributed by atoms with Crippen LogP contribution in [0.4, 0.5) is 0 Å². The van der Waals surface area contributed by atoms with Crippen LogP contribution in [0.2, 0.25) is 0 Å². The van der Waals surface area contributed by atoms with Crippen molar-refractivity contribution in [2.24, 2.45) is 0 Å². The normalized spacial score (nSPS) is 11.0. The van der Waals surface area contributed by atoms with Crippen molar-refractivity contribution in [2.75, 3.05) is 0 Å². The maximum absolute atomic E-state index is 4.06. The highest BCUT2D eigenvalue weighted by molar-refractivity contribution is 5.64. The summed E-state index contributed by atoms with van der Waals surface area (Å²) >= 11 is 0. The third kappa shape index (κ3) is 1.45. The average Bonchev–Trinajstić information content (AvgIpc) is 2.74. The second-order valence-corrected chi connectivity index (χ2v) is 2.43. The fraction of sp³-hybridized carbons (Fsp3) is 0. The second-order valence-electron chi connectivity index (χ2n) is 2.43.